The Hall–Kier alpha value is -0.900. The predicted molar refractivity (Wildman–Crippen MR) is 85.0 cm³/mol. The molecule has 2 N–H and O–H groups in total. The van der Waals surface area contributed by atoms with Gasteiger partial charge in [0.05, 0.1) is 0 Å². The van der Waals surface area contributed by atoms with Gasteiger partial charge in [-0.15, -0.1) is 0 Å². The van der Waals surface area contributed by atoms with Crippen LogP contribution >= 0.6 is 0 Å². The van der Waals surface area contributed by atoms with Crippen molar-refractivity contribution >= 4 is 0 Å². The van der Waals surface area contributed by atoms with Crippen LogP contribution in [0.2, 0.25) is 0 Å². The summed E-state index contributed by atoms with van der Waals surface area (Å²) in [5.74, 6) is 4.23. The first-order valence-electron chi connectivity index (χ1n) is 8.64. The zero-order chi connectivity index (χ0) is 15.2. The highest BCUT2D eigenvalue weighted by Crippen LogP contribution is 2.35. The van der Waals surface area contributed by atoms with E-state index < -0.39 is 0 Å². The zero-order valence-electron chi connectivity index (χ0n) is 13.8. The van der Waals surface area contributed by atoms with E-state index in [1.54, 1.807) is 0 Å². The Morgan fingerprint density at radius 1 is 1.24 bits per heavy atom. The van der Waals surface area contributed by atoms with Gasteiger partial charge < -0.3 is 10.3 Å². The molecule has 1 heterocycles. The Morgan fingerprint density at radius 2 is 1.95 bits per heavy atom. The summed E-state index contributed by atoms with van der Waals surface area (Å²) >= 11 is 0. The summed E-state index contributed by atoms with van der Waals surface area (Å²) in [5.41, 5.74) is 5.86. The van der Waals surface area contributed by atoms with Crippen LogP contribution in [0.4, 0.5) is 0 Å². The molecule has 1 atom stereocenters. The van der Waals surface area contributed by atoms with Crippen LogP contribution in [-0.2, 0) is 6.42 Å². The maximum Gasteiger partial charge on any atom is 0.226 e. The molecule has 0 amide bonds. The quantitative estimate of drug-likeness (QED) is 0.827. The van der Waals surface area contributed by atoms with E-state index in [4.69, 9.17) is 10.3 Å². The second-order valence-electron chi connectivity index (χ2n) is 7.11. The van der Waals surface area contributed by atoms with Gasteiger partial charge >= 0.3 is 0 Å². The minimum Gasteiger partial charge on any atom is -0.339 e. The molecule has 1 aromatic heterocycles. The normalized spacial score (nSPS) is 24.4. The fourth-order valence-corrected chi connectivity index (χ4v) is 3.52. The van der Waals surface area contributed by atoms with Crippen LogP contribution in [0.3, 0.4) is 0 Å². The van der Waals surface area contributed by atoms with Gasteiger partial charge in [0.15, 0.2) is 5.82 Å². The monoisotopic (exact) mass is 293 g/mol. The molecule has 4 heteroatoms. The molecule has 21 heavy (non-hydrogen) atoms. The molecule has 0 aromatic carbocycles. The average molecular weight is 293 g/mol. The highest BCUT2D eigenvalue weighted by atomic mass is 16.5. The highest BCUT2D eigenvalue weighted by molar-refractivity contribution is 4.98. The largest absolute Gasteiger partial charge is 0.339 e. The van der Waals surface area contributed by atoms with Gasteiger partial charge in [0.2, 0.25) is 5.89 Å². The molecular formula is C17H31N3O. The Labute approximate surface area is 128 Å². The lowest BCUT2D eigenvalue weighted by Gasteiger charge is -2.25. The Kier molecular flexibility index (Phi) is 6.22. The smallest absolute Gasteiger partial charge is 0.226 e. The van der Waals surface area contributed by atoms with Crippen LogP contribution in [0.1, 0.15) is 76.9 Å². The molecule has 1 unspecified atom stereocenters. The molecule has 4 nitrogen and oxygen atoms in total. The van der Waals surface area contributed by atoms with E-state index in [0.717, 1.165) is 30.5 Å². The molecule has 1 aromatic rings. The SMILES string of the molecule is CCC1CCC(c2noc(CC(CN)CC(C)C)n2)CC1. The van der Waals surface area contributed by atoms with Crippen LogP contribution in [-0.4, -0.2) is 16.7 Å². The Balaban J connectivity index is 1.89. The Morgan fingerprint density at radius 3 is 2.52 bits per heavy atom. The zero-order valence-corrected chi connectivity index (χ0v) is 13.8. The molecular weight excluding hydrogens is 262 g/mol. The summed E-state index contributed by atoms with van der Waals surface area (Å²) < 4.78 is 5.47. The van der Waals surface area contributed by atoms with E-state index in [2.05, 4.69) is 30.9 Å². The summed E-state index contributed by atoms with van der Waals surface area (Å²) in [4.78, 5) is 4.65. The minimum atomic E-state index is 0.453. The van der Waals surface area contributed by atoms with Gasteiger partial charge in [0, 0.05) is 12.3 Å². The standard InChI is InChI=1S/C17H31N3O/c1-4-13-5-7-15(8-6-13)17-19-16(21-20-17)10-14(11-18)9-12(2)3/h12-15H,4-11,18H2,1-3H3. The van der Waals surface area contributed by atoms with Crippen LogP contribution in [0.5, 0.6) is 0 Å². The molecule has 0 radical (unpaired) electrons. The average Bonchev–Trinajstić information content (AvgIpc) is 2.94. The maximum absolute atomic E-state index is 5.86. The third-order valence-electron chi connectivity index (χ3n) is 4.87. The van der Waals surface area contributed by atoms with Crippen molar-refractivity contribution in [2.75, 3.05) is 6.54 Å². The molecule has 2 rings (SSSR count). The fourth-order valence-electron chi connectivity index (χ4n) is 3.52. The summed E-state index contributed by atoms with van der Waals surface area (Å²) in [6.45, 7) is 7.44. The van der Waals surface area contributed by atoms with Crippen molar-refractivity contribution < 1.29 is 4.52 Å². The van der Waals surface area contributed by atoms with Gasteiger partial charge in [-0.3, -0.25) is 0 Å². The van der Waals surface area contributed by atoms with Gasteiger partial charge in [0.1, 0.15) is 0 Å². The van der Waals surface area contributed by atoms with Crippen LogP contribution in [0.25, 0.3) is 0 Å². The Bertz CT molecular complexity index is 408. The first-order valence-corrected chi connectivity index (χ1v) is 8.64. The lowest BCUT2D eigenvalue weighted by Crippen LogP contribution is -2.19. The lowest BCUT2D eigenvalue weighted by atomic mass is 9.80. The van der Waals surface area contributed by atoms with Gasteiger partial charge in [-0.05, 0) is 56.4 Å². The highest BCUT2D eigenvalue weighted by Gasteiger charge is 2.25. The summed E-state index contributed by atoms with van der Waals surface area (Å²) in [6, 6.07) is 0. The molecule has 0 spiro atoms. The fraction of sp³-hybridized carbons (Fsp3) is 0.882. The van der Waals surface area contributed by atoms with E-state index in [9.17, 15) is 0 Å². The van der Waals surface area contributed by atoms with Gasteiger partial charge in [-0.25, -0.2) is 0 Å². The predicted octanol–water partition coefficient (Wildman–Crippen LogP) is 3.92. The van der Waals surface area contributed by atoms with Crippen molar-refractivity contribution in [1.82, 2.24) is 10.1 Å². The van der Waals surface area contributed by atoms with E-state index in [0.29, 0.717) is 24.3 Å². The van der Waals surface area contributed by atoms with Crippen molar-refractivity contribution in [3.8, 4) is 0 Å². The summed E-state index contributed by atoms with van der Waals surface area (Å²) in [7, 11) is 0. The summed E-state index contributed by atoms with van der Waals surface area (Å²) in [5, 5.41) is 4.23. The number of hydrogen-bond acceptors (Lipinski definition) is 4. The molecule has 1 saturated carbocycles. The van der Waals surface area contributed by atoms with Gasteiger partial charge in [-0.1, -0.05) is 32.3 Å². The molecule has 1 aliphatic carbocycles. The second-order valence-corrected chi connectivity index (χ2v) is 7.11. The van der Waals surface area contributed by atoms with Crippen LogP contribution in [0.15, 0.2) is 4.52 Å². The van der Waals surface area contributed by atoms with E-state index in [1.165, 1.54) is 32.1 Å². The topological polar surface area (TPSA) is 64.9 Å². The third-order valence-corrected chi connectivity index (χ3v) is 4.87. The lowest BCUT2D eigenvalue weighted by molar-refractivity contribution is 0.299. The second kappa shape index (κ2) is 7.92. The van der Waals surface area contributed by atoms with E-state index in [1.807, 2.05) is 0 Å². The summed E-state index contributed by atoms with van der Waals surface area (Å²) in [6.07, 6.45) is 8.29. The number of rotatable bonds is 7. The number of nitrogens with two attached hydrogens (primary N) is 1. The molecule has 120 valence electrons. The molecule has 0 bridgehead atoms. The van der Waals surface area contributed by atoms with Crippen molar-refractivity contribution in [1.29, 1.82) is 0 Å². The van der Waals surface area contributed by atoms with Crippen LogP contribution < -0.4 is 5.73 Å². The van der Waals surface area contributed by atoms with Crippen LogP contribution in [0, 0.1) is 17.8 Å². The minimum absolute atomic E-state index is 0.453. The number of nitrogens with zero attached hydrogens (tertiary/aromatic N) is 2. The van der Waals surface area contributed by atoms with Gasteiger partial charge in [-0.2, -0.15) is 4.98 Å². The van der Waals surface area contributed by atoms with Crippen molar-refractivity contribution in [3.05, 3.63) is 11.7 Å². The van der Waals surface area contributed by atoms with Crippen molar-refractivity contribution in [3.63, 3.8) is 0 Å². The molecule has 1 fully saturated rings. The number of hydrogen-bond donors (Lipinski definition) is 1. The number of aromatic nitrogens is 2. The molecule has 0 aliphatic heterocycles. The third kappa shape index (κ3) is 4.80. The van der Waals surface area contributed by atoms with Crippen molar-refractivity contribution in [2.24, 2.45) is 23.5 Å². The molecule has 1 aliphatic rings. The van der Waals surface area contributed by atoms with Crippen molar-refractivity contribution in [2.45, 2.75) is 71.6 Å². The van der Waals surface area contributed by atoms with Gasteiger partial charge in [0.25, 0.3) is 0 Å². The van der Waals surface area contributed by atoms with E-state index in [-0.39, 0.29) is 0 Å². The van der Waals surface area contributed by atoms with E-state index >= 15 is 0 Å². The maximum atomic E-state index is 5.86. The first kappa shape index (κ1) is 16.5. The molecule has 0 saturated heterocycles. The first-order chi connectivity index (χ1) is 10.1.